The molecule has 1 aromatic heterocycles. The molecule has 0 aliphatic heterocycles. The van der Waals surface area contributed by atoms with E-state index in [1.54, 1.807) is 13.0 Å². The summed E-state index contributed by atoms with van der Waals surface area (Å²) in [4.78, 5) is 29.5. The van der Waals surface area contributed by atoms with Crippen molar-refractivity contribution in [2.45, 2.75) is 64.9 Å². The fraction of sp³-hybridized carbons (Fsp3) is 0.500. The zero-order valence-corrected chi connectivity index (χ0v) is 19.6. The molecule has 3 atom stereocenters. The molecule has 1 aliphatic carbocycles. The number of pyridine rings is 1. The number of ether oxygens (including phenoxy) is 2. The van der Waals surface area contributed by atoms with Gasteiger partial charge < -0.3 is 14.6 Å². The van der Waals surface area contributed by atoms with Gasteiger partial charge in [0.25, 0.3) is 0 Å². The number of hydrogen-bond acceptors (Lipinski definition) is 6. The van der Waals surface area contributed by atoms with Crippen LogP contribution in [0.5, 0.6) is 11.5 Å². The lowest BCUT2D eigenvalue weighted by Gasteiger charge is -2.31. The number of hydrogen-bond donors (Lipinski definition) is 1. The minimum absolute atomic E-state index is 0.0379. The van der Waals surface area contributed by atoms with Crippen molar-refractivity contribution in [2.24, 2.45) is 11.8 Å². The van der Waals surface area contributed by atoms with E-state index in [-0.39, 0.29) is 35.3 Å². The van der Waals surface area contributed by atoms with Crippen molar-refractivity contribution in [3.63, 3.8) is 0 Å². The number of halogens is 1. The number of nitrogens with zero attached hydrogens (tertiary/aromatic N) is 1. The summed E-state index contributed by atoms with van der Waals surface area (Å²) in [6.45, 7) is 5.37. The second-order valence-electron chi connectivity index (χ2n) is 8.95. The Balaban J connectivity index is 1.72. The number of rotatable bonds is 9. The standard InChI is InChI=1S/C26H32FNO5/c1-15-13-19(27)9-10-20(15)23(18-7-5-6-8-18)17(3)33-26(31)16(2)14-21(29)24-25(30)22(32-4)11-12-28-24/h9-13,16-18,23,30H,5-8,14H2,1-4H3/t16-,17+,23-/m1/s1. The quantitative estimate of drug-likeness (QED) is 0.403. The molecular weight excluding hydrogens is 425 g/mol. The summed E-state index contributed by atoms with van der Waals surface area (Å²) in [5, 5.41) is 10.2. The van der Waals surface area contributed by atoms with Gasteiger partial charge in [0.2, 0.25) is 0 Å². The minimum atomic E-state index is -0.717. The zero-order valence-electron chi connectivity index (χ0n) is 19.6. The minimum Gasteiger partial charge on any atom is -0.503 e. The van der Waals surface area contributed by atoms with Crippen LogP contribution in [0.25, 0.3) is 0 Å². The highest BCUT2D eigenvalue weighted by atomic mass is 19.1. The van der Waals surface area contributed by atoms with E-state index in [2.05, 4.69) is 4.98 Å². The fourth-order valence-electron chi connectivity index (χ4n) is 4.86. The highest BCUT2D eigenvalue weighted by Crippen LogP contribution is 2.41. The highest BCUT2D eigenvalue weighted by Gasteiger charge is 2.35. The molecule has 0 amide bonds. The molecule has 6 nitrogen and oxygen atoms in total. The van der Waals surface area contributed by atoms with Crippen molar-refractivity contribution in [2.75, 3.05) is 7.11 Å². The maximum absolute atomic E-state index is 13.7. The number of aromatic hydroxyl groups is 1. The molecule has 0 unspecified atom stereocenters. The number of carbonyl (C=O) groups is 2. The first-order valence-electron chi connectivity index (χ1n) is 11.4. The Morgan fingerprint density at radius 1 is 1.21 bits per heavy atom. The predicted octanol–water partition coefficient (Wildman–Crippen LogP) is 5.36. The summed E-state index contributed by atoms with van der Waals surface area (Å²) >= 11 is 0. The molecule has 0 bridgehead atoms. The van der Waals surface area contributed by atoms with E-state index >= 15 is 0 Å². The van der Waals surface area contributed by atoms with E-state index < -0.39 is 23.8 Å². The summed E-state index contributed by atoms with van der Waals surface area (Å²) in [5.41, 5.74) is 1.71. The summed E-state index contributed by atoms with van der Waals surface area (Å²) < 4.78 is 24.6. The van der Waals surface area contributed by atoms with E-state index in [9.17, 15) is 19.1 Å². The van der Waals surface area contributed by atoms with Crippen LogP contribution < -0.4 is 4.74 Å². The third kappa shape index (κ3) is 5.70. The molecule has 1 N–H and O–H groups in total. The van der Waals surface area contributed by atoms with E-state index in [1.165, 1.54) is 31.5 Å². The second-order valence-corrected chi connectivity index (χ2v) is 8.95. The summed E-state index contributed by atoms with van der Waals surface area (Å²) in [7, 11) is 1.38. The molecule has 0 saturated heterocycles. The Kier molecular flexibility index (Phi) is 8.06. The van der Waals surface area contributed by atoms with E-state index in [4.69, 9.17) is 9.47 Å². The number of aryl methyl sites for hydroxylation is 1. The van der Waals surface area contributed by atoms with Gasteiger partial charge in [0.05, 0.1) is 13.0 Å². The van der Waals surface area contributed by atoms with E-state index in [0.29, 0.717) is 5.92 Å². The molecule has 1 heterocycles. The average molecular weight is 458 g/mol. The Bertz CT molecular complexity index is 1000. The normalized spacial score (nSPS) is 16.8. The maximum atomic E-state index is 13.7. The fourth-order valence-corrected chi connectivity index (χ4v) is 4.86. The Morgan fingerprint density at radius 2 is 1.91 bits per heavy atom. The molecule has 0 spiro atoms. The molecular formula is C26H32FNO5. The Hall–Kier alpha value is -2.96. The van der Waals surface area contributed by atoms with Crippen LogP contribution >= 0.6 is 0 Å². The monoisotopic (exact) mass is 457 g/mol. The van der Waals surface area contributed by atoms with Crippen molar-refractivity contribution in [1.29, 1.82) is 0 Å². The van der Waals surface area contributed by atoms with Crippen LogP contribution in [0.1, 0.15) is 73.5 Å². The third-order valence-electron chi connectivity index (χ3n) is 6.57. The first kappa shape index (κ1) is 24.7. The Labute approximate surface area is 194 Å². The van der Waals surface area contributed by atoms with Crippen molar-refractivity contribution in [3.8, 4) is 11.5 Å². The van der Waals surface area contributed by atoms with Gasteiger partial charge >= 0.3 is 5.97 Å². The highest BCUT2D eigenvalue weighted by molar-refractivity contribution is 5.99. The van der Waals surface area contributed by atoms with Gasteiger partial charge in [-0.3, -0.25) is 9.59 Å². The summed E-state index contributed by atoms with van der Waals surface area (Å²) in [6.07, 6.45) is 5.13. The maximum Gasteiger partial charge on any atom is 0.309 e. The van der Waals surface area contributed by atoms with Crippen molar-refractivity contribution < 1.29 is 28.6 Å². The van der Waals surface area contributed by atoms with Crippen molar-refractivity contribution in [1.82, 2.24) is 4.98 Å². The molecule has 0 radical (unpaired) electrons. The SMILES string of the molecule is COc1ccnc(C(=O)C[C@@H](C)C(=O)O[C@@H](C)[C@@H](c2ccc(F)cc2C)C2CCCC2)c1O. The molecule has 1 saturated carbocycles. The molecule has 33 heavy (non-hydrogen) atoms. The van der Waals surface area contributed by atoms with Gasteiger partial charge in [-0.25, -0.2) is 9.37 Å². The van der Waals surface area contributed by atoms with Gasteiger partial charge in [-0.2, -0.15) is 0 Å². The number of benzene rings is 1. The van der Waals surface area contributed by atoms with Gasteiger partial charge in [0.1, 0.15) is 11.9 Å². The number of esters is 1. The lowest BCUT2D eigenvalue weighted by atomic mass is 9.79. The van der Waals surface area contributed by atoms with Gasteiger partial charge in [0, 0.05) is 24.6 Å². The van der Waals surface area contributed by atoms with Crippen LogP contribution in [-0.2, 0) is 9.53 Å². The lowest BCUT2D eigenvalue weighted by Crippen LogP contribution is -2.30. The Morgan fingerprint density at radius 3 is 2.55 bits per heavy atom. The van der Waals surface area contributed by atoms with Crippen LogP contribution in [0.4, 0.5) is 4.39 Å². The number of ketones is 1. The third-order valence-corrected chi connectivity index (χ3v) is 6.57. The van der Waals surface area contributed by atoms with Gasteiger partial charge in [0.15, 0.2) is 23.0 Å². The van der Waals surface area contributed by atoms with Crippen LogP contribution in [0.15, 0.2) is 30.5 Å². The van der Waals surface area contributed by atoms with Crippen LogP contribution in [0.3, 0.4) is 0 Å². The van der Waals surface area contributed by atoms with Crippen LogP contribution in [0.2, 0.25) is 0 Å². The first-order chi connectivity index (χ1) is 15.7. The van der Waals surface area contributed by atoms with E-state index in [1.807, 2.05) is 13.8 Å². The van der Waals surface area contributed by atoms with Gasteiger partial charge in [-0.1, -0.05) is 25.8 Å². The summed E-state index contributed by atoms with van der Waals surface area (Å²) in [5.74, 6) is -1.83. The van der Waals surface area contributed by atoms with Gasteiger partial charge in [-0.05, 0) is 55.9 Å². The first-order valence-corrected chi connectivity index (χ1v) is 11.4. The van der Waals surface area contributed by atoms with Crippen LogP contribution in [-0.4, -0.2) is 35.1 Å². The molecule has 2 aromatic rings. The largest absolute Gasteiger partial charge is 0.503 e. The number of carbonyl (C=O) groups excluding carboxylic acids is 2. The molecule has 7 heteroatoms. The average Bonchev–Trinajstić information content (AvgIpc) is 3.29. The predicted molar refractivity (Wildman–Crippen MR) is 122 cm³/mol. The molecule has 1 aliphatic rings. The number of Topliss-reactive ketones (excluding diaryl/α,β-unsaturated/α-hetero) is 1. The zero-order chi connectivity index (χ0) is 24.1. The molecule has 1 fully saturated rings. The van der Waals surface area contributed by atoms with Crippen molar-refractivity contribution >= 4 is 11.8 Å². The van der Waals surface area contributed by atoms with Gasteiger partial charge in [-0.15, -0.1) is 0 Å². The van der Waals surface area contributed by atoms with E-state index in [0.717, 1.165) is 36.8 Å². The molecule has 1 aromatic carbocycles. The topological polar surface area (TPSA) is 85.7 Å². The number of methoxy groups -OCH3 is 1. The number of aromatic nitrogens is 1. The second kappa shape index (κ2) is 10.8. The molecule has 178 valence electrons. The lowest BCUT2D eigenvalue weighted by molar-refractivity contribution is -0.154. The summed E-state index contributed by atoms with van der Waals surface area (Å²) in [6, 6.07) is 6.21. The van der Waals surface area contributed by atoms with Crippen LogP contribution in [0, 0.1) is 24.6 Å². The smallest absolute Gasteiger partial charge is 0.309 e. The van der Waals surface area contributed by atoms with Crippen molar-refractivity contribution in [3.05, 3.63) is 53.1 Å². The molecule has 3 rings (SSSR count).